The van der Waals surface area contributed by atoms with Crippen molar-refractivity contribution in [2.75, 3.05) is 0 Å². The third-order valence-electron chi connectivity index (χ3n) is 3.33. The van der Waals surface area contributed by atoms with Gasteiger partial charge in [0.25, 0.3) is 0 Å². The molecule has 2 atom stereocenters. The molecule has 0 aliphatic heterocycles. The highest BCUT2D eigenvalue weighted by molar-refractivity contribution is 6.74. The summed E-state index contributed by atoms with van der Waals surface area (Å²) in [5.41, 5.74) is 5.80. The lowest BCUT2D eigenvalue weighted by Crippen LogP contribution is -2.43. The predicted molar refractivity (Wildman–Crippen MR) is 63.8 cm³/mol. The molecule has 0 amide bonds. The fourth-order valence-electron chi connectivity index (χ4n) is 1.33. The Balaban J connectivity index is 2.56. The second-order valence-electron chi connectivity index (χ2n) is 5.70. The van der Waals surface area contributed by atoms with Crippen molar-refractivity contribution in [1.29, 1.82) is 0 Å². The maximum Gasteiger partial charge on any atom is 0.192 e. The van der Waals surface area contributed by atoms with E-state index in [9.17, 15) is 0 Å². The monoisotopic (exact) mass is 213 g/mol. The molecule has 0 heterocycles. The Hall–Kier alpha value is -0.123. The molecular weight excluding hydrogens is 190 g/mol. The average molecular weight is 213 g/mol. The van der Waals surface area contributed by atoms with E-state index in [1.807, 2.05) is 0 Å². The van der Waals surface area contributed by atoms with Crippen LogP contribution in [0.2, 0.25) is 18.1 Å². The average Bonchev–Trinajstić information content (AvgIpc) is 2.31. The maximum absolute atomic E-state index is 6.21. The Bertz CT molecular complexity index is 230. The summed E-state index contributed by atoms with van der Waals surface area (Å²) < 4.78 is 6.21. The number of hydrogen-bond donors (Lipinski definition) is 1. The molecule has 1 rings (SSSR count). The van der Waals surface area contributed by atoms with Crippen LogP contribution >= 0.6 is 0 Å². The van der Waals surface area contributed by atoms with E-state index >= 15 is 0 Å². The fourth-order valence-corrected chi connectivity index (χ4v) is 2.62. The van der Waals surface area contributed by atoms with Crippen LogP contribution in [-0.4, -0.2) is 20.5 Å². The Kier molecular flexibility index (Phi) is 3.24. The van der Waals surface area contributed by atoms with Gasteiger partial charge in [-0.3, -0.25) is 0 Å². The van der Waals surface area contributed by atoms with E-state index in [-0.39, 0.29) is 17.2 Å². The van der Waals surface area contributed by atoms with Crippen LogP contribution in [0.1, 0.15) is 27.2 Å². The van der Waals surface area contributed by atoms with Crippen LogP contribution in [0.25, 0.3) is 0 Å². The molecule has 1 aliphatic carbocycles. The number of nitrogens with two attached hydrogens (primary N) is 1. The van der Waals surface area contributed by atoms with E-state index in [4.69, 9.17) is 10.2 Å². The summed E-state index contributed by atoms with van der Waals surface area (Å²) in [6, 6.07) is 0.199. The third kappa shape index (κ3) is 2.68. The van der Waals surface area contributed by atoms with Crippen LogP contribution in [-0.2, 0) is 4.43 Å². The first-order chi connectivity index (χ1) is 6.22. The van der Waals surface area contributed by atoms with Gasteiger partial charge in [0, 0.05) is 6.04 Å². The Morgan fingerprint density at radius 2 is 1.86 bits per heavy atom. The second-order valence-corrected chi connectivity index (χ2v) is 10.5. The first kappa shape index (κ1) is 11.9. The Morgan fingerprint density at radius 3 is 2.21 bits per heavy atom. The van der Waals surface area contributed by atoms with Crippen LogP contribution in [0.15, 0.2) is 12.2 Å². The molecule has 0 saturated heterocycles. The maximum atomic E-state index is 6.21. The number of rotatable bonds is 2. The van der Waals surface area contributed by atoms with Gasteiger partial charge in [0.2, 0.25) is 0 Å². The minimum Gasteiger partial charge on any atom is -0.410 e. The first-order valence-corrected chi connectivity index (χ1v) is 8.25. The molecule has 14 heavy (non-hydrogen) atoms. The van der Waals surface area contributed by atoms with Crippen LogP contribution in [0.4, 0.5) is 0 Å². The largest absolute Gasteiger partial charge is 0.410 e. The van der Waals surface area contributed by atoms with Gasteiger partial charge in [-0.25, -0.2) is 0 Å². The second kappa shape index (κ2) is 3.80. The van der Waals surface area contributed by atoms with E-state index in [1.54, 1.807) is 0 Å². The van der Waals surface area contributed by atoms with Crippen molar-refractivity contribution < 1.29 is 4.43 Å². The molecule has 0 aromatic rings. The predicted octanol–water partition coefficient (Wildman–Crippen LogP) is 2.66. The SMILES string of the molecule is CC(C)(C)[Si](C)(C)O[C@H]1C=C[C@H](N)C1. The minimum atomic E-state index is -1.61. The molecule has 0 aromatic carbocycles. The van der Waals surface area contributed by atoms with E-state index in [2.05, 4.69) is 46.0 Å². The highest BCUT2D eigenvalue weighted by Crippen LogP contribution is 2.38. The summed E-state index contributed by atoms with van der Waals surface area (Å²) in [7, 11) is -1.61. The summed E-state index contributed by atoms with van der Waals surface area (Å²) >= 11 is 0. The zero-order valence-corrected chi connectivity index (χ0v) is 11.0. The highest BCUT2D eigenvalue weighted by Gasteiger charge is 2.39. The lowest BCUT2D eigenvalue weighted by Gasteiger charge is -2.38. The van der Waals surface area contributed by atoms with Gasteiger partial charge >= 0.3 is 0 Å². The molecule has 0 spiro atoms. The van der Waals surface area contributed by atoms with Crippen molar-refractivity contribution in [3.8, 4) is 0 Å². The van der Waals surface area contributed by atoms with E-state index in [1.165, 1.54) is 0 Å². The number of hydrogen-bond acceptors (Lipinski definition) is 2. The van der Waals surface area contributed by atoms with Crippen LogP contribution in [0.3, 0.4) is 0 Å². The quantitative estimate of drug-likeness (QED) is 0.565. The van der Waals surface area contributed by atoms with Crippen LogP contribution < -0.4 is 5.73 Å². The molecule has 0 saturated carbocycles. The Labute approximate surface area is 88.7 Å². The summed E-state index contributed by atoms with van der Waals surface area (Å²) in [4.78, 5) is 0. The van der Waals surface area contributed by atoms with E-state index in [0.717, 1.165) is 6.42 Å². The van der Waals surface area contributed by atoms with Gasteiger partial charge in [0.1, 0.15) is 0 Å². The van der Waals surface area contributed by atoms with Crippen LogP contribution in [0.5, 0.6) is 0 Å². The van der Waals surface area contributed by atoms with Gasteiger partial charge in [0.15, 0.2) is 8.32 Å². The normalized spacial score (nSPS) is 28.4. The minimum absolute atomic E-state index is 0.199. The van der Waals surface area contributed by atoms with Crippen molar-refractivity contribution in [1.82, 2.24) is 0 Å². The van der Waals surface area contributed by atoms with Crippen molar-refractivity contribution in [3.63, 3.8) is 0 Å². The fraction of sp³-hybridized carbons (Fsp3) is 0.818. The van der Waals surface area contributed by atoms with E-state index < -0.39 is 8.32 Å². The van der Waals surface area contributed by atoms with Gasteiger partial charge in [-0.15, -0.1) is 0 Å². The smallest absolute Gasteiger partial charge is 0.192 e. The molecule has 2 nitrogen and oxygen atoms in total. The van der Waals surface area contributed by atoms with Crippen molar-refractivity contribution in [2.45, 2.75) is 57.5 Å². The summed E-state index contributed by atoms with van der Waals surface area (Å²) in [6.07, 6.45) is 5.38. The van der Waals surface area contributed by atoms with Gasteiger partial charge in [0.05, 0.1) is 6.10 Å². The van der Waals surface area contributed by atoms with Crippen molar-refractivity contribution in [2.24, 2.45) is 5.73 Å². The van der Waals surface area contributed by atoms with Gasteiger partial charge in [-0.2, -0.15) is 0 Å². The molecule has 0 fully saturated rings. The van der Waals surface area contributed by atoms with Crippen molar-refractivity contribution >= 4 is 8.32 Å². The van der Waals surface area contributed by atoms with Gasteiger partial charge < -0.3 is 10.2 Å². The standard InChI is InChI=1S/C11H23NOSi/c1-11(2,3)14(4,5)13-10-7-6-9(12)8-10/h6-7,9-10H,8,12H2,1-5H3/t9-,10-/m0/s1. The van der Waals surface area contributed by atoms with E-state index in [0.29, 0.717) is 0 Å². The van der Waals surface area contributed by atoms with Gasteiger partial charge in [-0.1, -0.05) is 32.9 Å². The lowest BCUT2D eigenvalue weighted by molar-refractivity contribution is 0.220. The lowest BCUT2D eigenvalue weighted by atomic mass is 10.2. The molecule has 0 radical (unpaired) electrons. The topological polar surface area (TPSA) is 35.2 Å². The summed E-state index contributed by atoms with van der Waals surface area (Å²) in [5.74, 6) is 0. The summed E-state index contributed by atoms with van der Waals surface area (Å²) in [5, 5.41) is 0.285. The molecule has 1 aliphatic rings. The van der Waals surface area contributed by atoms with Crippen molar-refractivity contribution in [3.05, 3.63) is 12.2 Å². The highest BCUT2D eigenvalue weighted by atomic mass is 28.4. The van der Waals surface area contributed by atoms with Crippen LogP contribution in [0, 0.1) is 0 Å². The first-order valence-electron chi connectivity index (χ1n) is 5.34. The Morgan fingerprint density at radius 1 is 1.29 bits per heavy atom. The molecule has 0 aromatic heterocycles. The molecule has 0 unspecified atom stereocenters. The molecule has 2 N–H and O–H groups in total. The molecular formula is C11H23NOSi. The van der Waals surface area contributed by atoms with Gasteiger partial charge in [-0.05, 0) is 24.6 Å². The zero-order chi connectivity index (χ0) is 11.0. The molecule has 3 heteroatoms. The zero-order valence-electron chi connectivity index (χ0n) is 10.0. The molecule has 0 bridgehead atoms. The third-order valence-corrected chi connectivity index (χ3v) is 7.83. The summed E-state index contributed by atoms with van der Waals surface area (Å²) in [6.45, 7) is 11.4. The molecule has 82 valence electrons.